The van der Waals surface area contributed by atoms with Crippen LogP contribution in [0.2, 0.25) is 5.02 Å². The fraction of sp³-hybridized carbons (Fsp3) is 0.333. The highest BCUT2D eigenvalue weighted by atomic mass is 35.5. The number of benzene rings is 1. The first-order valence-corrected chi connectivity index (χ1v) is 5.44. The predicted molar refractivity (Wildman–Crippen MR) is 63.4 cm³/mol. The molecule has 4 heteroatoms. The van der Waals surface area contributed by atoms with Crippen LogP contribution in [0.3, 0.4) is 0 Å². The standard InChI is InChI=1S/C12H13ClN2O/c1-9-4-5-10(8-11(9)13)12(16)15-7-3-2-6-14/h4-5,8H,2-3,7H2,1H3,(H,15,16). The van der Waals surface area contributed by atoms with E-state index in [2.05, 4.69) is 5.32 Å². The van der Waals surface area contributed by atoms with Crippen LogP contribution in [0.4, 0.5) is 0 Å². The Morgan fingerprint density at radius 3 is 2.94 bits per heavy atom. The lowest BCUT2D eigenvalue weighted by Crippen LogP contribution is -2.24. The Hall–Kier alpha value is -1.53. The Kier molecular flexibility index (Phi) is 4.81. The summed E-state index contributed by atoms with van der Waals surface area (Å²) in [6.07, 6.45) is 1.12. The molecular weight excluding hydrogens is 224 g/mol. The molecule has 1 rings (SSSR count). The van der Waals surface area contributed by atoms with E-state index < -0.39 is 0 Å². The molecule has 0 saturated carbocycles. The predicted octanol–water partition coefficient (Wildman–Crippen LogP) is 2.68. The smallest absolute Gasteiger partial charge is 0.251 e. The average Bonchev–Trinajstić information content (AvgIpc) is 2.28. The van der Waals surface area contributed by atoms with E-state index in [4.69, 9.17) is 16.9 Å². The maximum absolute atomic E-state index is 11.6. The number of amides is 1. The largest absolute Gasteiger partial charge is 0.352 e. The number of aryl methyl sites for hydroxylation is 1. The lowest BCUT2D eigenvalue weighted by atomic mass is 10.1. The molecule has 0 aromatic heterocycles. The SMILES string of the molecule is Cc1ccc(C(=O)NCCCC#N)cc1Cl. The second-order valence-corrected chi connectivity index (χ2v) is 3.89. The summed E-state index contributed by atoms with van der Waals surface area (Å²) in [5, 5.41) is 11.7. The lowest BCUT2D eigenvalue weighted by molar-refractivity contribution is 0.0953. The minimum Gasteiger partial charge on any atom is -0.352 e. The topological polar surface area (TPSA) is 52.9 Å². The Morgan fingerprint density at radius 1 is 1.56 bits per heavy atom. The summed E-state index contributed by atoms with van der Waals surface area (Å²) in [4.78, 5) is 11.6. The summed E-state index contributed by atoms with van der Waals surface area (Å²) in [7, 11) is 0. The summed E-state index contributed by atoms with van der Waals surface area (Å²) in [6.45, 7) is 2.40. The van der Waals surface area contributed by atoms with Crippen molar-refractivity contribution in [2.75, 3.05) is 6.54 Å². The number of nitriles is 1. The molecule has 0 heterocycles. The maximum Gasteiger partial charge on any atom is 0.251 e. The van der Waals surface area contributed by atoms with E-state index in [0.29, 0.717) is 30.0 Å². The number of hydrogen-bond acceptors (Lipinski definition) is 2. The van der Waals surface area contributed by atoms with E-state index in [0.717, 1.165) is 5.56 Å². The van der Waals surface area contributed by atoms with Crippen LogP contribution in [0.5, 0.6) is 0 Å². The van der Waals surface area contributed by atoms with Crippen LogP contribution in [-0.4, -0.2) is 12.5 Å². The van der Waals surface area contributed by atoms with Crippen molar-refractivity contribution in [3.05, 3.63) is 34.3 Å². The molecule has 3 nitrogen and oxygen atoms in total. The third-order valence-corrected chi connectivity index (χ3v) is 2.59. The molecule has 1 aromatic rings. The minimum absolute atomic E-state index is 0.153. The van der Waals surface area contributed by atoms with Gasteiger partial charge in [0.15, 0.2) is 0 Å². The maximum atomic E-state index is 11.6. The Morgan fingerprint density at radius 2 is 2.31 bits per heavy atom. The molecule has 0 spiro atoms. The summed E-state index contributed by atoms with van der Waals surface area (Å²) in [6, 6.07) is 7.22. The Labute approximate surface area is 100 Å². The fourth-order valence-electron chi connectivity index (χ4n) is 1.21. The zero-order valence-corrected chi connectivity index (χ0v) is 9.84. The second kappa shape index (κ2) is 6.14. The zero-order valence-electron chi connectivity index (χ0n) is 9.09. The van der Waals surface area contributed by atoms with Crippen LogP contribution in [0.15, 0.2) is 18.2 Å². The zero-order chi connectivity index (χ0) is 12.0. The summed E-state index contributed by atoms with van der Waals surface area (Å²) >= 11 is 5.92. The molecule has 0 atom stereocenters. The van der Waals surface area contributed by atoms with E-state index in [-0.39, 0.29) is 5.91 Å². The van der Waals surface area contributed by atoms with Gasteiger partial charge in [0.05, 0.1) is 6.07 Å². The van der Waals surface area contributed by atoms with Crippen LogP contribution in [0.25, 0.3) is 0 Å². The van der Waals surface area contributed by atoms with Gasteiger partial charge in [0.25, 0.3) is 5.91 Å². The first kappa shape index (κ1) is 12.5. The third kappa shape index (κ3) is 3.56. The first-order chi connectivity index (χ1) is 7.65. The number of nitrogens with one attached hydrogen (secondary N) is 1. The molecule has 0 fully saturated rings. The second-order valence-electron chi connectivity index (χ2n) is 3.48. The van der Waals surface area contributed by atoms with Gasteiger partial charge < -0.3 is 5.32 Å². The quantitative estimate of drug-likeness (QED) is 0.818. The van der Waals surface area contributed by atoms with E-state index >= 15 is 0 Å². The van der Waals surface area contributed by atoms with Gasteiger partial charge in [-0.15, -0.1) is 0 Å². The van der Waals surface area contributed by atoms with Crippen molar-refractivity contribution in [3.63, 3.8) is 0 Å². The van der Waals surface area contributed by atoms with E-state index in [9.17, 15) is 4.79 Å². The van der Waals surface area contributed by atoms with Gasteiger partial charge in [-0.2, -0.15) is 5.26 Å². The van der Waals surface area contributed by atoms with Crippen LogP contribution in [-0.2, 0) is 0 Å². The van der Waals surface area contributed by atoms with Crippen LogP contribution < -0.4 is 5.32 Å². The highest BCUT2D eigenvalue weighted by Crippen LogP contribution is 2.16. The first-order valence-electron chi connectivity index (χ1n) is 5.06. The molecule has 1 aromatic carbocycles. The molecule has 0 saturated heterocycles. The summed E-state index contributed by atoms with van der Waals surface area (Å²) in [5.41, 5.74) is 1.50. The van der Waals surface area contributed by atoms with Gasteiger partial charge in [-0.25, -0.2) is 0 Å². The molecule has 0 radical (unpaired) electrons. The molecule has 1 amide bonds. The summed E-state index contributed by atoms with van der Waals surface area (Å²) < 4.78 is 0. The number of unbranched alkanes of at least 4 members (excludes halogenated alkanes) is 1. The van der Waals surface area contributed by atoms with Crippen molar-refractivity contribution in [1.82, 2.24) is 5.32 Å². The Balaban J connectivity index is 2.53. The van der Waals surface area contributed by atoms with E-state index in [1.807, 2.05) is 19.1 Å². The number of nitrogens with zero attached hydrogens (tertiary/aromatic N) is 1. The summed E-state index contributed by atoms with van der Waals surface area (Å²) in [5.74, 6) is -0.153. The Bertz CT molecular complexity index is 424. The highest BCUT2D eigenvalue weighted by Gasteiger charge is 2.06. The number of carbonyl (C=O) groups is 1. The molecule has 0 bridgehead atoms. The number of hydrogen-bond donors (Lipinski definition) is 1. The van der Waals surface area contributed by atoms with E-state index in [1.54, 1.807) is 12.1 Å². The van der Waals surface area contributed by atoms with Crippen molar-refractivity contribution in [3.8, 4) is 6.07 Å². The van der Waals surface area contributed by atoms with Gasteiger partial charge in [-0.1, -0.05) is 17.7 Å². The number of halogens is 1. The molecule has 16 heavy (non-hydrogen) atoms. The van der Waals surface area contributed by atoms with Gasteiger partial charge in [0, 0.05) is 23.6 Å². The van der Waals surface area contributed by atoms with Crippen molar-refractivity contribution >= 4 is 17.5 Å². The van der Waals surface area contributed by atoms with Crippen LogP contribution in [0, 0.1) is 18.3 Å². The van der Waals surface area contributed by atoms with Gasteiger partial charge in [0.2, 0.25) is 0 Å². The number of rotatable bonds is 4. The number of carbonyl (C=O) groups excluding carboxylic acids is 1. The van der Waals surface area contributed by atoms with Crippen LogP contribution >= 0.6 is 11.6 Å². The van der Waals surface area contributed by atoms with Gasteiger partial charge in [0.1, 0.15) is 0 Å². The highest BCUT2D eigenvalue weighted by molar-refractivity contribution is 6.31. The fourth-order valence-corrected chi connectivity index (χ4v) is 1.39. The molecular formula is C12H13ClN2O. The molecule has 0 aliphatic carbocycles. The van der Waals surface area contributed by atoms with Crippen molar-refractivity contribution < 1.29 is 4.79 Å². The monoisotopic (exact) mass is 236 g/mol. The molecule has 0 aliphatic heterocycles. The molecule has 1 N–H and O–H groups in total. The van der Waals surface area contributed by atoms with Gasteiger partial charge >= 0.3 is 0 Å². The lowest BCUT2D eigenvalue weighted by Gasteiger charge is -2.05. The average molecular weight is 237 g/mol. The van der Waals surface area contributed by atoms with E-state index in [1.165, 1.54) is 0 Å². The molecule has 0 unspecified atom stereocenters. The van der Waals surface area contributed by atoms with Crippen molar-refractivity contribution in [2.45, 2.75) is 19.8 Å². The minimum atomic E-state index is -0.153. The van der Waals surface area contributed by atoms with Gasteiger partial charge in [-0.05, 0) is 31.0 Å². The van der Waals surface area contributed by atoms with Crippen molar-refractivity contribution in [2.24, 2.45) is 0 Å². The molecule has 84 valence electrons. The third-order valence-electron chi connectivity index (χ3n) is 2.18. The normalized spacial score (nSPS) is 9.56. The van der Waals surface area contributed by atoms with Gasteiger partial charge in [-0.3, -0.25) is 4.79 Å². The molecule has 0 aliphatic rings. The van der Waals surface area contributed by atoms with Crippen LogP contribution in [0.1, 0.15) is 28.8 Å². The van der Waals surface area contributed by atoms with Crippen molar-refractivity contribution in [1.29, 1.82) is 5.26 Å².